The van der Waals surface area contributed by atoms with E-state index in [1.54, 1.807) is 42.5 Å². The molecule has 424 valence electrons. The lowest BCUT2D eigenvalue weighted by atomic mass is 10.0. The molecule has 0 bridgehead atoms. The Balaban J connectivity index is 0.661. The van der Waals surface area contributed by atoms with Crippen LogP contribution < -0.4 is 31.9 Å². The molecule has 0 saturated carbocycles. The average Bonchev–Trinajstić information content (AvgIpc) is 3.99. The number of benzene rings is 4. The molecule has 4 aliphatic rings. The van der Waals surface area contributed by atoms with E-state index in [2.05, 4.69) is 26.2 Å². The number of imide groups is 1. The Morgan fingerprint density at radius 3 is 2.08 bits per heavy atom. The van der Waals surface area contributed by atoms with Crippen molar-refractivity contribution in [1.29, 1.82) is 5.41 Å². The molecule has 2 atom stereocenters. The molecule has 79 heavy (non-hydrogen) atoms. The second-order valence-corrected chi connectivity index (χ2v) is 19.4. The molecule has 8 N–H and O–H groups in total. The Hall–Kier alpha value is -7.12. The summed E-state index contributed by atoms with van der Waals surface area (Å²) in [6.07, 6.45) is 0.883. The summed E-state index contributed by atoms with van der Waals surface area (Å²) in [5, 5.41) is 31.3. The monoisotopic (exact) mass is 1100 g/mol. The molecule has 5 amide bonds. The number of piperazine rings is 1. The number of halogens is 2. The van der Waals surface area contributed by atoms with E-state index in [1.807, 2.05) is 17.0 Å². The minimum Gasteiger partial charge on any atom is -0.398 e. The van der Waals surface area contributed by atoms with Crippen LogP contribution in [0.4, 0.5) is 31.5 Å². The second-order valence-electron chi connectivity index (χ2n) is 19.4. The minimum absolute atomic E-state index is 0.000261. The van der Waals surface area contributed by atoms with Gasteiger partial charge in [-0.2, -0.15) is 0 Å². The van der Waals surface area contributed by atoms with Crippen molar-refractivity contribution in [2.75, 3.05) is 133 Å². The van der Waals surface area contributed by atoms with E-state index in [1.165, 1.54) is 12.1 Å². The molecule has 4 heterocycles. The number of amides is 5. The van der Waals surface area contributed by atoms with Crippen LogP contribution in [0.1, 0.15) is 81.3 Å². The van der Waals surface area contributed by atoms with Crippen molar-refractivity contribution in [2.24, 2.45) is 0 Å². The highest BCUT2D eigenvalue weighted by molar-refractivity contribution is 6.15. The van der Waals surface area contributed by atoms with Gasteiger partial charge >= 0.3 is 0 Å². The van der Waals surface area contributed by atoms with Crippen LogP contribution in [0.25, 0.3) is 0 Å². The second kappa shape index (κ2) is 28.7. The number of hydrogen-bond acceptors (Lipinski definition) is 17. The molecule has 0 spiro atoms. The molecular weight excluding hydrogens is 1030 g/mol. The molecule has 0 radical (unpaired) electrons. The number of nitrogens with zero attached hydrogens (tertiary/aromatic N) is 3. The highest BCUT2D eigenvalue weighted by Gasteiger charge is 2.45. The number of aliphatic hydroxyl groups is 1. The molecular formula is C56H69F2N9O12. The summed E-state index contributed by atoms with van der Waals surface area (Å²) in [6.45, 7) is 7.25. The number of carbonyl (C=O) groups excluding carboxylic acids is 5. The summed E-state index contributed by atoms with van der Waals surface area (Å²) in [6, 6.07) is 18.0. The van der Waals surface area contributed by atoms with Crippen molar-refractivity contribution in [3.05, 3.63) is 118 Å². The van der Waals surface area contributed by atoms with Crippen LogP contribution in [-0.4, -0.2) is 174 Å². The number of aliphatic hydroxyl groups excluding tert-OH is 1. The lowest BCUT2D eigenvalue weighted by molar-refractivity contribution is -0.139. The van der Waals surface area contributed by atoms with Crippen molar-refractivity contribution < 1.29 is 66.3 Å². The number of anilines is 4. The van der Waals surface area contributed by atoms with Crippen LogP contribution in [0.2, 0.25) is 0 Å². The number of carbonyl (C=O) groups is 5. The van der Waals surface area contributed by atoms with Crippen molar-refractivity contribution in [2.45, 2.75) is 56.8 Å². The number of rotatable bonds is 27. The summed E-state index contributed by atoms with van der Waals surface area (Å²) in [5.41, 5.74) is 10.9. The van der Waals surface area contributed by atoms with Crippen molar-refractivity contribution in [3.63, 3.8) is 0 Å². The van der Waals surface area contributed by atoms with Gasteiger partial charge in [-0.05, 0) is 85.3 Å². The number of nitrogens with one attached hydrogen (secondary N) is 5. The maximum atomic E-state index is 13.9. The number of nitrogen functional groups attached to an aromatic ring is 1. The molecule has 8 rings (SSSR count). The Labute approximate surface area is 456 Å². The third-order valence-corrected chi connectivity index (χ3v) is 13.9. The number of piperidine rings is 1. The van der Waals surface area contributed by atoms with E-state index in [0.29, 0.717) is 139 Å². The first-order chi connectivity index (χ1) is 38.3. The van der Waals surface area contributed by atoms with Gasteiger partial charge in [-0.25, -0.2) is 8.78 Å². The van der Waals surface area contributed by atoms with Gasteiger partial charge in [-0.1, -0.05) is 18.2 Å². The Morgan fingerprint density at radius 2 is 1.41 bits per heavy atom. The normalized spacial score (nSPS) is 17.7. The van der Waals surface area contributed by atoms with Crippen LogP contribution in [0.15, 0.2) is 72.8 Å². The summed E-state index contributed by atoms with van der Waals surface area (Å²) in [5.74, 6) is -3.58. The van der Waals surface area contributed by atoms with E-state index >= 15 is 0 Å². The highest BCUT2D eigenvalue weighted by atomic mass is 19.1. The fraction of sp³-hybridized carbons (Fsp3) is 0.464. The van der Waals surface area contributed by atoms with Gasteiger partial charge in [0.05, 0.1) is 83.6 Å². The largest absolute Gasteiger partial charge is 0.398 e. The Morgan fingerprint density at radius 1 is 0.747 bits per heavy atom. The van der Waals surface area contributed by atoms with Crippen LogP contribution in [0, 0.1) is 17.0 Å². The molecule has 0 aromatic heterocycles. The number of nitrogens with two attached hydrogens (primary N) is 1. The van der Waals surface area contributed by atoms with Crippen LogP contribution >= 0.6 is 0 Å². The zero-order chi connectivity index (χ0) is 55.7. The molecule has 4 aliphatic heterocycles. The van der Waals surface area contributed by atoms with Gasteiger partial charge in [-0.15, -0.1) is 0 Å². The third-order valence-electron chi connectivity index (χ3n) is 13.9. The quantitative estimate of drug-likeness (QED) is 0.0146. The molecule has 4 aromatic carbocycles. The number of ether oxygens (including phenoxy) is 6. The first-order valence-corrected chi connectivity index (χ1v) is 26.7. The van der Waals surface area contributed by atoms with Gasteiger partial charge < -0.3 is 65.0 Å². The van der Waals surface area contributed by atoms with Crippen molar-refractivity contribution >= 4 is 58.1 Å². The predicted octanol–water partition coefficient (Wildman–Crippen LogP) is 3.97. The van der Waals surface area contributed by atoms with Gasteiger partial charge in [0.1, 0.15) is 23.5 Å². The molecule has 0 aliphatic carbocycles. The lowest BCUT2D eigenvalue weighted by Gasteiger charge is -2.36. The first kappa shape index (κ1) is 58.0. The maximum absolute atomic E-state index is 13.9. The first-order valence-electron chi connectivity index (χ1n) is 26.7. The van der Waals surface area contributed by atoms with Gasteiger partial charge in [0.2, 0.25) is 17.7 Å². The average molecular weight is 1100 g/mol. The zero-order valence-corrected chi connectivity index (χ0v) is 44.0. The molecule has 2 unspecified atom stereocenters. The lowest BCUT2D eigenvalue weighted by Crippen LogP contribution is -2.53. The predicted molar refractivity (Wildman–Crippen MR) is 288 cm³/mol. The molecule has 3 saturated heterocycles. The van der Waals surface area contributed by atoms with E-state index in [4.69, 9.17) is 39.6 Å². The van der Waals surface area contributed by atoms with Crippen molar-refractivity contribution in [3.8, 4) is 0 Å². The smallest absolute Gasteiger partial charge is 0.259 e. The fourth-order valence-electron chi connectivity index (χ4n) is 9.83. The summed E-state index contributed by atoms with van der Waals surface area (Å²) >= 11 is 0. The van der Waals surface area contributed by atoms with E-state index in [9.17, 15) is 37.9 Å². The molecule has 23 heteroatoms. The Kier molecular flexibility index (Phi) is 21.1. The van der Waals surface area contributed by atoms with E-state index in [0.717, 1.165) is 29.5 Å². The molecule has 4 aromatic rings. The summed E-state index contributed by atoms with van der Waals surface area (Å²) in [7, 11) is 0. The van der Waals surface area contributed by atoms with Crippen LogP contribution in [-0.2, 0) is 49.2 Å². The zero-order valence-electron chi connectivity index (χ0n) is 44.0. The summed E-state index contributed by atoms with van der Waals surface area (Å²) < 4.78 is 61.4. The fourth-order valence-corrected chi connectivity index (χ4v) is 9.83. The van der Waals surface area contributed by atoms with Gasteiger partial charge in [0.15, 0.2) is 6.23 Å². The van der Waals surface area contributed by atoms with Gasteiger partial charge in [-0.3, -0.25) is 39.6 Å². The Bertz CT molecular complexity index is 2770. The van der Waals surface area contributed by atoms with Crippen LogP contribution in [0.5, 0.6) is 0 Å². The van der Waals surface area contributed by atoms with Gasteiger partial charge in [0.25, 0.3) is 11.8 Å². The summed E-state index contributed by atoms with van der Waals surface area (Å²) in [4.78, 5) is 69.4. The van der Waals surface area contributed by atoms with E-state index in [-0.39, 0.29) is 66.9 Å². The topological polar surface area (TPSA) is 269 Å². The number of hydrogen-bond donors (Lipinski definition) is 7. The van der Waals surface area contributed by atoms with E-state index < -0.39 is 47.5 Å². The van der Waals surface area contributed by atoms with Crippen LogP contribution in [0.3, 0.4) is 0 Å². The SMILES string of the molecule is N=C(NC(=O)c1ccc(N2CCN(C(=O)CCOCCOCCOCCOCCOCCNc3cccc4c3C(=O)N(C3CCC(=O)NC3=O)C4O)CC2)cc1NC1CCOCC1)c1cc(Cc2cc(F)cc(F)c2)ccc1N. The minimum atomic E-state index is -1.29. The van der Waals surface area contributed by atoms with Gasteiger partial charge in [0, 0.05) is 98.3 Å². The highest BCUT2D eigenvalue weighted by Crippen LogP contribution is 2.39. The number of fused-ring (bicyclic) bond motifs is 1. The third kappa shape index (κ3) is 16.0. The standard InChI is InChI=1S/C56H69F2N9O12/c57-38-31-37(32-39(58)34-38)30-36-4-7-45(59)44(33-36)52(60)64-53(70)42-6-5-41(35-47(42)62-40-10-18-74-19-11-40)65-14-16-66(17-15-65)50(69)12-20-75-22-24-77-26-28-79-29-27-78-25-23-76-21-13-61-46-3-1-2-43-51(46)56(73)67(55(43)72)48-8-9-49(68)63-54(48)71/h1-7,31-35,40,48,55,61-62,72H,8-30,59H2,(H2,60,64,70)(H,63,68,71). The number of amidine groups is 1. The maximum Gasteiger partial charge on any atom is 0.259 e. The van der Waals surface area contributed by atoms with Crippen molar-refractivity contribution in [1.82, 2.24) is 20.4 Å². The molecule has 21 nitrogen and oxygen atoms in total. The molecule has 3 fully saturated rings.